The van der Waals surface area contributed by atoms with Crippen molar-refractivity contribution in [1.29, 1.82) is 0 Å². The van der Waals surface area contributed by atoms with Crippen LogP contribution in [-0.4, -0.2) is 24.2 Å². The summed E-state index contributed by atoms with van der Waals surface area (Å²) in [5, 5.41) is 9.14. The van der Waals surface area contributed by atoms with Gasteiger partial charge < -0.3 is 9.94 Å². The van der Waals surface area contributed by atoms with Gasteiger partial charge in [0.1, 0.15) is 0 Å². The van der Waals surface area contributed by atoms with Gasteiger partial charge in [0.05, 0.1) is 12.5 Å². The molecule has 0 bridgehead atoms. The van der Waals surface area contributed by atoms with Crippen LogP contribution >= 0.6 is 0 Å². The Hall–Kier alpha value is -1.39. The molecule has 0 saturated heterocycles. The minimum Gasteiger partial charge on any atom is -0.481 e. The molecule has 1 aromatic rings. The van der Waals surface area contributed by atoms with E-state index in [9.17, 15) is 4.79 Å². The Morgan fingerprint density at radius 1 is 1.35 bits per heavy atom. The molecule has 0 saturated carbocycles. The molecule has 0 radical (unpaired) electrons. The molecule has 0 amide bonds. The molecule has 0 aromatic heterocycles. The minimum absolute atomic E-state index is 0.270. The molecular formula is C13H19NO3. The fourth-order valence-corrected chi connectivity index (χ4v) is 1.40. The molecule has 0 aliphatic rings. The van der Waals surface area contributed by atoms with Crippen LogP contribution in [0.4, 0.5) is 0 Å². The van der Waals surface area contributed by atoms with Crippen LogP contribution in [0.25, 0.3) is 0 Å². The number of carboxylic acids is 1. The molecule has 0 spiro atoms. The number of carboxylic acid groups (broad SMARTS) is 1. The molecule has 94 valence electrons. The fraction of sp³-hybridized carbons (Fsp3) is 0.462. The van der Waals surface area contributed by atoms with E-state index in [4.69, 9.17) is 9.94 Å². The Bertz CT molecular complexity index is 338. The van der Waals surface area contributed by atoms with Gasteiger partial charge in [-0.1, -0.05) is 44.2 Å². The van der Waals surface area contributed by atoms with Gasteiger partial charge in [0, 0.05) is 6.54 Å². The summed E-state index contributed by atoms with van der Waals surface area (Å²) in [5.41, 5.74) is 3.49. The number of benzene rings is 1. The van der Waals surface area contributed by atoms with Gasteiger partial charge in [0.2, 0.25) is 0 Å². The quantitative estimate of drug-likeness (QED) is 0.562. The van der Waals surface area contributed by atoms with Crippen LogP contribution < -0.4 is 5.48 Å². The summed E-state index contributed by atoms with van der Waals surface area (Å²) in [6.45, 7) is 4.91. The lowest BCUT2D eigenvalue weighted by atomic mass is 10.00. The minimum atomic E-state index is -0.850. The van der Waals surface area contributed by atoms with E-state index >= 15 is 0 Å². The first-order valence-corrected chi connectivity index (χ1v) is 5.73. The number of nitrogens with one attached hydrogen (secondary N) is 1. The highest BCUT2D eigenvalue weighted by molar-refractivity contribution is 5.76. The van der Waals surface area contributed by atoms with Crippen LogP contribution in [0.1, 0.15) is 25.3 Å². The van der Waals surface area contributed by atoms with Crippen molar-refractivity contribution >= 4 is 5.97 Å². The van der Waals surface area contributed by atoms with Crippen molar-refractivity contribution in [2.24, 2.45) is 5.92 Å². The molecule has 1 aromatic carbocycles. The molecule has 1 atom stereocenters. The van der Waals surface area contributed by atoms with Crippen LogP contribution in [0.5, 0.6) is 0 Å². The van der Waals surface area contributed by atoms with Crippen LogP contribution in [0.2, 0.25) is 0 Å². The van der Waals surface area contributed by atoms with Crippen LogP contribution in [0.15, 0.2) is 30.3 Å². The summed E-state index contributed by atoms with van der Waals surface area (Å²) < 4.78 is 0. The van der Waals surface area contributed by atoms with E-state index in [1.54, 1.807) is 0 Å². The molecule has 0 aliphatic carbocycles. The molecular weight excluding hydrogens is 218 g/mol. The van der Waals surface area contributed by atoms with Gasteiger partial charge in [0.25, 0.3) is 0 Å². The van der Waals surface area contributed by atoms with Crippen molar-refractivity contribution in [2.75, 3.05) is 13.2 Å². The predicted molar refractivity (Wildman–Crippen MR) is 65.6 cm³/mol. The maximum atomic E-state index is 11.1. The van der Waals surface area contributed by atoms with Gasteiger partial charge in [-0.05, 0) is 11.5 Å². The summed E-state index contributed by atoms with van der Waals surface area (Å²) in [6.07, 6.45) is 0. The molecule has 1 unspecified atom stereocenters. The van der Waals surface area contributed by atoms with Gasteiger partial charge in [0.15, 0.2) is 0 Å². The summed E-state index contributed by atoms with van der Waals surface area (Å²) >= 11 is 0. The second-order valence-corrected chi connectivity index (χ2v) is 4.35. The number of hydrogen-bond donors (Lipinski definition) is 2. The first kappa shape index (κ1) is 13.7. The largest absolute Gasteiger partial charge is 0.481 e. The average Bonchev–Trinajstić information content (AvgIpc) is 2.29. The van der Waals surface area contributed by atoms with Crippen molar-refractivity contribution in [3.8, 4) is 0 Å². The zero-order chi connectivity index (χ0) is 12.7. The number of aliphatic carboxylic acids is 1. The van der Waals surface area contributed by atoms with Gasteiger partial charge >= 0.3 is 5.97 Å². The van der Waals surface area contributed by atoms with Gasteiger partial charge in [-0.2, -0.15) is 0 Å². The third-order valence-corrected chi connectivity index (χ3v) is 2.31. The normalized spacial score (nSPS) is 12.6. The highest BCUT2D eigenvalue weighted by atomic mass is 16.6. The first-order valence-electron chi connectivity index (χ1n) is 5.73. The second kappa shape index (κ2) is 7.04. The maximum Gasteiger partial charge on any atom is 0.312 e. The van der Waals surface area contributed by atoms with E-state index in [-0.39, 0.29) is 6.54 Å². The van der Waals surface area contributed by atoms with Crippen molar-refractivity contribution in [3.63, 3.8) is 0 Å². The fourth-order valence-electron chi connectivity index (χ4n) is 1.40. The second-order valence-electron chi connectivity index (χ2n) is 4.35. The monoisotopic (exact) mass is 237 g/mol. The summed E-state index contributed by atoms with van der Waals surface area (Å²) in [6, 6.07) is 9.15. The van der Waals surface area contributed by atoms with E-state index in [0.717, 1.165) is 5.56 Å². The van der Waals surface area contributed by atoms with Gasteiger partial charge in [-0.15, -0.1) is 0 Å². The van der Waals surface area contributed by atoms with E-state index in [1.807, 2.05) is 44.2 Å². The molecule has 1 rings (SSSR count). The highest BCUT2D eigenvalue weighted by Crippen LogP contribution is 2.14. The zero-order valence-corrected chi connectivity index (χ0v) is 10.2. The van der Waals surface area contributed by atoms with Gasteiger partial charge in [-0.3, -0.25) is 4.79 Å². The first-order chi connectivity index (χ1) is 8.11. The van der Waals surface area contributed by atoms with Crippen molar-refractivity contribution in [3.05, 3.63) is 35.9 Å². The summed E-state index contributed by atoms with van der Waals surface area (Å²) in [7, 11) is 0. The molecule has 17 heavy (non-hydrogen) atoms. The zero-order valence-electron chi connectivity index (χ0n) is 10.2. The maximum absolute atomic E-state index is 11.1. The lowest BCUT2D eigenvalue weighted by molar-refractivity contribution is -0.139. The van der Waals surface area contributed by atoms with E-state index in [2.05, 4.69) is 5.48 Å². The molecule has 0 heterocycles. The highest BCUT2D eigenvalue weighted by Gasteiger charge is 2.19. The van der Waals surface area contributed by atoms with Crippen molar-refractivity contribution < 1.29 is 14.7 Å². The average molecular weight is 237 g/mol. The van der Waals surface area contributed by atoms with E-state index in [0.29, 0.717) is 12.5 Å². The Balaban J connectivity index is 2.48. The Kier molecular flexibility index (Phi) is 5.66. The van der Waals surface area contributed by atoms with Crippen molar-refractivity contribution in [1.82, 2.24) is 5.48 Å². The third kappa shape index (κ3) is 4.97. The lowest BCUT2D eigenvalue weighted by Crippen LogP contribution is -2.28. The summed E-state index contributed by atoms with van der Waals surface area (Å²) in [4.78, 5) is 16.3. The Morgan fingerprint density at radius 2 is 2.00 bits per heavy atom. The molecule has 2 N–H and O–H groups in total. The summed E-state index contributed by atoms with van der Waals surface area (Å²) in [5.74, 6) is -1.01. The number of hydroxylamine groups is 1. The van der Waals surface area contributed by atoms with Gasteiger partial charge in [-0.25, -0.2) is 5.48 Å². The van der Waals surface area contributed by atoms with E-state index < -0.39 is 11.9 Å². The van der Waals surface area contributed by atoms with Crippen LogP contribution in [0, 0.1) is 5.92 Å². The SMILES string of the molecule is CC(C)CONCC(C(=O)O)c1ccccc1. The topological polar surface area (TPSA) is 58.6 Å². The lowest BCUT2D eigenvalue weighted by Gasteiger charge is -2.14. The Morgan fingerprint density at radius 3 is 2.53 bits per heavy atom. The molecule has 4 heteroatoms. The third-order valence-electron chi connectivity index (χ3n) is 2.31. The molecule has 0 aliphatic heterocycles. The predicted octanol–water partition coefficient (Wildman–Crippen LogP) is 2.03. The van der Waals surface area contributed by atoms with Crippen molar-refractivity contribution in [2.45, 2.75) is 19.8 Å². The van der Waals surface area contributed by atoms with Crippen LogP contribution in [0.3, 0.4) is 0 Å². The van der Waals surface area contributed by atoms with E-state index in [1.165, 1.54) is 0 Å². The number of rotatable bonds is 7. The smallest absolute Gasteiger partial charge is 0.312 e. The molecule has 0 fully saturated rings. The Labute approximate surface area is 102 Å². The number of hydrogen-bond acceptors (Lipinski definition) is 3. The van der Waals surface area contributed by atoms with Crippen LogP contribution in [-0.2, 0) is 9.63 Å². The standard InChI is InChI=1S/C13H19NO3/c1-10(2)9-17-14-8-12(13(15)16)11-6-4-3-5-7-11/h3-7,10,12,14H,8-9H2,1-2H3,(H,15,16). The molecule has 4 nitrogen and oxygen atoms in total. The number of carbonyl (C=O) groups is 1.